The molecule has 0 aliphatic carbocycles. The zero-order valence-electron chi connectivity index (χ0n) is 15.0. The van der Waals surface area contributed by atoms with E-state index >= 15 is 0 Å². The van der Waals surface area contributed by atoms with Gasteiger partial charge in [0, 0.05) is 22.2 Å². The second-order valence-electron chi connectivity index (χ2n) is 6.10. The first kappa shape index (κ1) is 18.1. The highest BCUT2D eigenvalue weighted by atomic mass is 35.5. The van der Waals surface area contributed by atoms with Crippen molar-refractivity contribution in [2.75, 3.05) is 13.7 Å². The van der Waals surface area contributed by atoms with Gasteiger partial charge in [0.25, 0.3) is 0 Å². The van der Waals surface area contributed by atoms with Crippen LogP contribution in [0.4, 0.5) is 0 Å². The van der Waals surface area contributed by atoms with Crippen LogP contribution in [0.15, 0.2) is 58.6 Å². The molecule has 4 rings (SSSR count). The van der Waals surface area contributed by atoms with Crippen LogP contribution < -0.4 is 9.47 Å². The lowest BCUT2D eigenvalue weighted by atomic mass is 10.1. The topological polar surface area (TPSA) is 70.8 Å². The van der Waals surface area contributed by atoms with Gasteiger partial charge in [-0.25, -0.2) is 4.79 Å². The molecule has 0 bridgehead atoms. The Kier molecular flexibility index (Phi) is 5.04. The van der Waals surface area contributed by atoms with Gasteiger partial charge in [-0.05, 0) is 24.3 Å². The van der Waals surface area contributed by atoms with Gasteiger partial charge in [0.05, 0.1) is 12.7 Å². The van der Waals surface area contributed by atoms with Crippen molar-refractivity contribution >= 4 is 23.6 Å². The molecule has 0 saturated carbocycles. The van der Waals surface area contributed by atoms with Crippen LogP contribution >= 0.6 is 11.6 Å². The molecule has 0 N–H and O–H groups in total. The number of aromatic nitrogens is 1. The van der Waals surface area contributed by atoms with E-state index in [0.29, 0.717) is 33.5 Å². The van der Waals surface area contributed by atoms with E-state index in [1.165, 1.54) is 0 Å². The molecule has 1 aromatic heterocycles. The van der Waals surface area contributed by atoms with Crippen molar-refractivity contribution in [1.29, 1.82) is 0 Å². The minimum atomic E-state index is -0.474. The molecule has 0 saturated heterocycles. The van der Waals surface area contributed by atoms with Crippen LogP contribution in [0.25, 0.3) is 17.3 Å². The number of ether oxygens (including phenoxy) is 3. The summed E-state index contributed by atoms with van der Waals surface area (Å²) in [6.45, 7) is 0.0837. The van der Waals surface area contributed by atoms with Crippen LogP contribution in [0.3, 0.4) is 0 Å². The van der Waals surface area contributed by atoms with Crippen LogP contribution in [0.5, 0.6) is 11.5 Å². The number of carbonyl (C=O) groups is 1. The SMILES string of the molecule is COc1cccc2c1OCC(C(=O)OCc1cc(-c3ccc(Cl)cc3)no1)=C2. The van der Waals surface area contributed by atoms with Crippen LogP contribution in [0.1, 0.15) is 11.3 Å². The number of methoxy groups -OCH3 is 1. The first-order chi connectivity index (χ1) is 13.6. The number of para-hydroxylation sites is 1. The number of hydrogen-bond donors (Lipinski definition) is 0. The maximum atomic E-state index is 12.4. The van der Waals surface area contributed by atoms with Gasteiger partial charge in [0.1, 0.15) is 12.3 Å². The molecule has 28 heavy (non-hydrogen) atoms. The van der Waals surface area contributed by atoms with E-state index in [9.17, 15) is 4.79 Å². The third kappa shape index (κ3) is 3.73. The second kappa shape index (κ2) is 7.78. The Morgan fingerprint density at radius 1 is 1.21 bits per heavy atom. The number of halogens is 1. The molecule has 0 unspecified atom stereocenters. The Bertz CT molecular complexity index is 1040. The first-order valence-corrected chi connectivity index (χ1v) is 8.91. The highest BCUT2D eigenvalue weighted by Gasteiger charge is 2.21. The molecule has 1 aliphatic rings. The molecule has 3 aromatic rings. The maximum Gasteiger partial charge on any atom is 0.337 e. The summed E-state index contributed by atoms with van der Waals surface area (Å²) in [5.41, 5.74) is 2.68. The summed E-state index contributed by atoms with van der Waals surface area (Å²) < 4.78 is 21.5. The number of benzene rings is 2. The van der Waals surface area contributed by atoms with E-state index in [0.717, 1.165) is 11.1 Å². The van der Waals surface area contributed by atoms with Gasteiger partial charge in [0.15, 0.2) is 23.9 Å². The second-order valence-corrected chi connectivity index (χ2v) is 6.53. The Balaban J connectivity index is 1.42. The van der Waals surface area contributed by atoms with E-state index in [4.69, 9.17) is 30.3 Å². The van der Waals surface area contributed by atoms with Gasteiger partial charge < -0.3 is 18.7 Å². The molecule has 0 atom stereocenters. The average molecular weight is 398 g/mol. The molecular weight excluding hydrogens is 382 g/mol. The predicted octanol–water partition coefficient (Wildman–Crippen LogP) is 4.52. The fourth-order valence-corrected chi connectivity index (χ4v) is 2.95. The number of carbonyl (C=O) groups excluding carboxylic acids is 1. The van der Waals surface area contributed by atoms with Crippen molar-refractivity contribution in [2.45, 2.75) is 6.61 Å². The standard InChI is InChI=1S/C21H16ClNO5/c1-25-19-4-2-3-14-9-15(11-26-20(14)19)21(24)27-12-17-10-18(23-28-17)13-5-7-16(22)8-6-13/h2-10H,11-12H2,1H3. The summed E-state index contributed by atoms with van der Waals surface area (Å²) in [6.07, 6.45) is 1.74. The molecule has 6 nitrogen and oxygen atoms in total. The summed E-state index contributed by atoms with van der Waals surface area (Å²) in [6, 6.07) is 14.4. The van der Waals surface area contributed by atoms with Gasteiger partial charge in [-0.2, -0.15) is 0 Å². The minimum Gasteiger partial charge on any atom is -0.493 e. The first-order valence-electron chi connectivity index (χ1n) is 8.53. The Hall–Kier alpha value is -3.25. The predicted molar refractivity (Wildman–Crippen MR) is 103 cm³/mol. The molecule has 0 spiro atoms. The molecule has 0 radical (unpaired) electrons. The summed E-state index contributed by atoms with van der Waals surface area (Å²) in [5, 5.41) is 4.64. The molecule has 1 aliphatic heterocycles. The van der Waals surface area contributed by atoms with Crippen LogP contribution in [-0.4, -0.2) is 24.8 Å². The molecule has 2 heterocycles. The Morgan fingerprint density at radius 3 is 2.82 bits per heavy atom. The molecular formula is C21H16ClNO5. The van der Waals surface area contributed by atoms with Crippen molar-refractivity contribution in [3.8, 4) is 22.8 Å². The van der Waals surface area contributed by atoms with E-state index in [1.807, 2.05) is 24.3 Å². The van der Waals surface area contributed by atoms with Crippen molar-refractivity contribution in [2.24, 2.45) is 0 Å². The lowest BCUT2D eigenvalue weighted by molar-refractivity contribution is -0.141. The van der Waals surface area contributed by atoms with Gasteiger partial charge in [-0.15, -0.1) is 0 Å². The van der Waals surface area contributed by atoms with Gasteiger partial charge >= 0.3 is 5.97 Å². The average Bonchev–Trinajstić information content (AvgIpc) is 3.20. The van der Waals surface area contributed by atoms with Gasteiger partial charge in [-0.3, -0.25) is 0 Å². The molecule has 0 fully saturated rings. The van der Waals surface area contributed by atoms with Crippen molar-refractivity contribution in [3.05, 3.63) is 70.5 Å². The fraction of sp³-hybridized carbons (Fsp3) is 0.143. The minimum absolute atomic E-state index is 0.0261. The monoisotopic (exact) mass is 397 g/mol. The smallest absolute Gasteiger partial charge is 0.337 e. The summed E-state index contributed by atoms with van der Waals surface area (Å²) in [4.78, 5) is 12.4. The summed E-state index contributed by atoms with van der Waals surface area (Å²) in [7, 11) is 1.57. The highest BCUT2D eigenvalue weighted by Crippen LogP contribution is 2.35. The normalized spacial score (nSPS) is 12.6. The van der Waals surface area contributed by atoms with E-state index < -0.39 is 5.97 Å². The van der Waals surface area contributed by atoms with Gasteiger partial charge in [-0.1, -0.05) is 41.0 Å². The Morgan fingerprint density at radius 2 is 2.04 bits per heavy atom. The number of fused-ring (bicyclic) bond motifs is 1. The van der Waals surface area contributed by atoms with Crippen LogP contribution in [-0.2, 0) is 16.1 Å². The fourth-order valence-electron chi connectivity index (χ4n) is 2.83. The van der Waals surface area contributed by atoms with Gasteiger partial charge in [0.2, 0.25) is 0 Å². The maximum absolute atomic E-state index is 12.4. The number of hydrogen-bond acceptors (Lipinski definition) is 6. The van der Waals surface area contributed by atoms with Crippen LogP contribution in [0, 0.1) is 0 Å². The lowest BCUT2D eigenvalue weighted by Gasteiger charge is -2.19. The largest absolute Gasteiger partial charge is 0.493 e. The zero-order valence-corrected chi connectivity index (χ0v) is 15.7. The Labute approximate surface area is 166 Å². The quantitative estimate of drug-likeness (QED) is 0.589. The number of esters is 1. The third-order valence-electron chi connectivity index (χ3n) is 4.24. The van der Waals surface area contributed by atoms with Crippen molar-refractivity contribution in [3.63, 3.8) is 0 Å². The molecule has 7 heteroatoms. The van der Waals surface area contributed by atoms with E-state index in [-0.39, 0.29) is 13.2 Å². The van der Waals surface area contributed by atoms with E-state index in [2.05, 4.69) is 5.16 Å². The van der Waals surface area contributed by atoms with Crippen molar-refractivity contribution in [1.82, 2.24) is 5.16 Å². The van der Waals surface area contributed by atoms with Crippen molar-refractivity contribution < 1.29 is 23.5 Å². The molecule has 142 valence electrons. The molecule has 2 aromatic carbocycles. The molecule has 0 amide bonds. The number of rotatable bonds is 5. The summed E-state index contributed by atoms with van der Waals surface area (Å²) in [5.74, 6) is 1.21. The van der Waals surface area contributed by atoms with E-state index in [1.54, 1.807) is 37.5 Å². The lowest BCUT2D eigenvalue weighted by Crippen LogP contribution is -2.17. The number of nitrogens with zero attached hydrogens (tertiary/aromatic N) is 1. The highest BCUT2D eigenvalue weighted by molar-refractivity contribution is 6.30. The summed E-state index contributed by atoms with van der Waals surface area (Å²) >= 11 is 5.89. The zero-order chi connectivity index (χ0) is 19.5. The van der Waals surface area contributed by atoms with Crippen LogP contribution in [0.2, 0.25) is 5.02 Å². The third-order valence-corrected chi connectivity index (χ3v) is 4.49.